The maximum atomic E-state index is 12.7. The van der Waals surface area contributed by atoms with Gasteiger partial charge in [0.05, 0.1) is 12.1 Å². The second-order valence-corrected chi connectivity index (χ2v) is 6.52. The number of nitrogens with one attached hydrogen (secondary N) is 1. The van der Waals surface area contributed by atoms with Crippen molar-refractivity contribution in [1.29, 1.82) is 0 Å². The molecular weight excluding hydrogens is 302 g/mol. The van der Waals surface area contributed by atoms with E-state index in [1.165, 1.54) is 0 Å². The number of nitrogens with zero attached hydrogens (tertiary/aromatic N) is 4. The summed E-state index contributed by atoms with van der Waals surface area (Å²) in [6.45, 7) is 5.74. The standard InChI is InChI=1S/C18H25N5O/c1-13-16(14(2)21-20-13)11-18(24)22(3)15-7-6-10-23(12-15)17-8-4-5-9-19-17/h4-5,8-9,15H,6-7,10-12H2,1-3H3,(H,20,21). The molecule has 6 nitrogen and oxygen atoms in total. The Bertz CT molecular complexity index is 677. The average molecular weight is 327 g/mol. The van der Waals surface area contributed by atoms with Crippen molar-refractivity contribution in [2.45, 2.75) is 39.2 Å². The van der Waals surface area contributed by atoms with E-state index in [-0.39, 0.29) is 11.9 Å². The smallest absolute Gasteiger partial charge is 0.227 e. The molecule has 0 saturated carbocycles. The Morgan fingerprint density at radius 1 is 1.42 bits per heavy atom. The fraction of sp³-hybridized carbons (Fsp3) is 0.500. The monoisotopic (exact) mass is 327 g/mol. The summed E-state index contributed by atoms with van der Waals surface area (Å²) in [5.41, 5.74) is 2.91. The zero-order valence-corrected chi connectivity index (χ0v) is 14.6. The number of anilines is 1. The first-order valence-corrected chi connectivity index (χ1v) is 8.48. The summed E-state index contributed by atoms with van der Waals surface area (Å²) >= 11 is 0. The number of carbonyl (C=O) groups is 1. The van der Waals surface area contributed by atoms with Gasteiger partial charge >= 0.3 is 0 Å². The number of hydrogen-bond acceptors (Lipinski definition) is 4. The third-order valence-electron chi connectivity index (χ3n) is 4.92. The van der Waals surface area contributed by atoms with Crippen molar-refractivity contribution in [1.82, 2.24) is 20.1 Å². The van der Waals surface area contributed by atoms with Crippen LogP contribution >= 0.6 is 0 Å². The molecule has 6 heteroatoms. The fourth-order valence-electron chi connectivity index (χ4n) is 3.33. The quantitative estimate of drug-likeness (QED) is 0.934. The summed E-state index contributed by atoms with van der Waals surface area (Å²) in [6.07, 6.45) is 4.33. The molecule has 3 rings (SSSR count). The number of amides is 1. The number of likely N-dealkylation sites (N-methyl/N-ethyl adjacent to an activating group) is 1. The molecule has 128 valence electrons. The van der Waals surface area contributed by atoms with Crippen LogP contribution in [0.4, 0.5) is 5.82 Å². The van der Waals surface area contributed by atoms with Gasteiger partial charge in [0.25, 0.3) is 0 Å². The van der Waals surface area contributed by atoms with E-state index in [0.29, 0.717) is 6.42 Å². The lowest BCUT2D eigenvalue weighted by Crippen LogP contribution is -2.49. The predicted molar refractivity (Wildman–Crippen MR) is 94.0 cm³/mol. The van der Waals surface area contributed by atoms with Crippen LogP contribution in [0.3, 0.4) is 0 Å². The molecule has 1 atom stereocenters. The first-order valence-electron chi connectivity index (χ1n) is 8.48. The topological polar surface area (TPSA) is 65.1 Å². The second-order valence-electron chi connectivity index (χ2n) is 6.52. The van der Waals surface area contributed by atoms with Crippen molar-refractivity contribution in [3.05, 3.63) is 41.3 Å². The lowest BCUT2D eigenvalue weighted by Gasteiger charge is -2.38. The van der Waals surface area contributed by atoms with Gasteiger partial charge in [-0.05, 0) is 38.8 Å². The van der Waals surface area contributed by atoms with Crippen LogP contribution in [-0.4, -0.2) is 52.2 Å². The Balaban J connectivity index is 1.66. The van der Waals surface area contributed by atoms with Gasteiger partial charge in [-0.2, -0.15) is 5.10 Å². The summed E-state index contributed by atoms with van der Waals surface area (Å²) < 4.78 is 0. The molecule has 1 fully saturated rings. The molecule has 1 amide bonds. The lowest BCUT2D eigenvalue weighted by atomic mass is 10.0. The Hall–Kier alpha value is -2.37. The largest absolute Gasteiger partial charge is 0.355 e. The molecule has 3 heterocycles. The predicted octanol–water partition coefficient (Wildman–Crippen LogP) is 2.09. The van der Waals surface area contributed by atoms with Crippen LogP contribution in [0.25, 0.3) is 0 Å². The summed E-state index contributed by atoms with van der Waals surface area (Å²) in [7, 11) is 1.92. The minimum atomic E-state index is 0.149. The van der Waals surface area contributed by atoms with Crippen molar-refractivity contribution in [2.24, 2.45) is 0 Å². The Morgan fingerprint density at radius 2 is 2.25 bits per heavy atom. The van der Waals surface area contributed by atoms with E-state index in [1.807, 2.05) is 50.2 Å². The van der Waals surface area contributed by atoms with Crippen LogP contribution in [0.15, 0.2) is 24.4 Å². The van der Waals surface area contributed by atoms with E-state index in [4.69, 9.17) is 0 Å². The fourth-order valence-corrected chi connectivity index (χ4v) is 3.33. The molecule has 1 N–H and O–H groups in total. The Labute approximate surface area is 142 Å². The molecular formula is C18H25N5O. The first-order chi connectivity index (χ1) is 11.6. The number of H-pyrrole nitrogens is 1. The highest BCUT2D eigenvalue weighted by atomic mass is 16.2. The van der Waals surface area contributed by atoms with Crippen molar-refractivity contribution >= 4 is 11.7 Å². The normalized spacial score (nSPS) is 17.8. The van der Waals surface area contributed by atoms with Crippen LogP contribution in [0, 0.1) is 13.8 Å². The van der Waals surface area contributed by atoms with Crippen LogP contribution < -0.4 is 4.90 Å². The van der Waals surface area contributed by atoms with E-state index in [1.54, 1.807) is 0 Å². The Morgan fingerprint density at radius 3 is 2.92 bits per heavy atom. The second kappa shape index (κ2) is 7.03. The van der Waals surface area contributed by atoms with E-state index >= 15 is 0 Å². The van der Waals surface area contributed by atoms with Gasteiger partial charge in [-0.15, -0.1) is 0 Å². The molecule has 1 unspecified atom stereocenters. The number of pyridine rings is 1. The zero-order valence-electron chi connectivity index (χ0n) is 14.6. The molecule has 2 aromatic heterocycles. The number of carbonyl (C=O) groups excluding carboxylic acids is 1. The first kappa shape index (κ1) is 16.5. The van der Waals surface area contributed by atoms with Gasteiger partial charge in [0.2, 0.25) is 5.91 Å². The molecule has 0 bridgehead atoms. The van der Waals surface area contributed by atoms with Crippen LogP contribution in [0.2, 0.25) is 0 Å². The molecule has 0 spiro atoms. The Kier molecular flexibility index (Phi) is 4.83. The summed E-state index contributed by atoms with van der Waals surface area (Å²) in [5.74, 6) is 1.14. The lowest BCUT2D eigenvalue weighted by molar-refractivity contribution is -0.131. The highest BCUT2D eigenvalue weighted by Crippen LogP contribution is 2.21. The van der Waals surface area contributed by atoms with Crippen LogP contribution in [0.1, 0.15) is 29.8 Å². The number of rotatable bonds is 4. The minimum absolute atomic E-state index is 0.149. The van der Waals surface area contributed by atoms with E-state index in [9.17, 15) is 4.79 Å². The molecule has 1 aliphatic rings. The average Bonchev–Trinajstić information content (AvgIpc) is 2.94. The molecule has 2 aromatic rings. The van der Waals surface area contributed by atoms with Crippen molar-refractivity contribution in [3.63, 3.8) is 0 Å². The van der Waals surface area contributed by atoms with Gasteiger partial charge < -0.3 is 9.80 Å². The van der Waals surface area contributed by atoms with Gasteiger partial charge in [0.1, 0.15) is 5.82 Å². The maximum absolute atomic E-state index is 12.7. The zero-order chi connectivity index (χ0) is 17.1. The molecule has 1 aliphatic heterocycles. The van der Waals surface area contributed by atoms with Crippen molar-refractivity contribution in [3.8, 4) is 0 Å². The SMILES string of the molecule is Cc1n[nH]c(C)c1CC(=O)N(C)C1CCCN(c2ccccn2)C1. The van der Waals surface area contributed by atoms with Crippen molar-refractivity contribution < 1.29 is 4.79 Å². The van der Waals surface area contributed by atoms with Crippen LogP contribution in [-0.2, 0) is 11.2 Å². The van der Waals surface area contributed by atoms with E-state index in [2.05, 4.69) is 20.1 Å². The summed E-state index contributed by atoms with van der Waals surface area (Å²) in [6, 6.07) is 6.19. The molecule has 0 aliphatic carbocycles. The third kappa shape index (κ3) is 3.42. The van der Waals surface area contributed by atoms with Gasteiger partial charge in [0.15, 0.2) is 0 Å². The minimum Gasteiger partial charge on any atom is -0.355 e. The van der Waals surface area contributed by atoms with Crippen molar-refractivity contribution in [2.75, 3.05) is 25.0 Å². The summed E-state index contributed by atoms with van der Waals surface area (Å²) in [5, 5.41) is 7.13. The molecule has 24 heavy (non-hydrogen) atoms. The number of aromatic nitrogens is 3. The highest BCUT2D eigenvalue weighted by Gasteiger charge is 2.27. The maximum Gasteiger partial charge on any atom is 0.227 e. The van der Waals surface area contributed by atoms with Gasteiger partial charge in [0, 0.05) is 43.6 Å². The number of aryl methyl sites for hydroxylation is 2. The highest BCUT2D eigenvalue weighted by molar-refractivity contribution is 5.79. The molecule has 0 aromatic carbocycles. The number of hydrogen-bond donors (Lipinski definition) is 1. The van der Waals surface area contributed by atoms with Gasteiger partial charge in [-0.25, -0.2) is 4.98 Å². The van der Waals surface area contributed by atoms with E-state index < -0.39 is 0 Å². The van der Waals surface area contributed by atoms with Crippen LogP contribution in [0.5, 0.6) is 0 Å². The number of piperidine rings is 1. The number of aromatic amines is 1. The third-order valence-corrected chi connectivity index (χ3v) is 4.92. The molecule has 1 saturated heterocycles. The summed E-state index contributed by atoms with van der Waals surface area (Å²) in [4.78, 5) is 21.3. The van der Waals surface area contributed by atoms with Gasteiger partial charge in [-0.3, -0.25) is 9.89 Å². The van der Waals surface area contributed by atoms with E-state index in [0.717, 1.165) is 48.7 Å². The molecule has 0 radical (unpaired) electrons. The van der Waals surface area contributed by atoms with Gasteiger partial charge in [-0.1, -0.05) is 6.07 Å².